The molecule has 1 aliphatic rings. The van der Waals surface area contributed by atoms with Gasteiger partial charge in [0.15, 0.2) is 0 Å². The summed E-state index contributed by atoms with van der Waals surface area (Å²) in [7, 11) is 0. The van der Waals surface area contributed by atoms with E-state index in [0.29, 0.717) is 24.0 Å². The van der Waals surface area contributed by atoms with Crippen LogP contribution < -0.4 is 0 Å². The SMILES string of the molecule is Cc1ccc(O)c(C(=O)N2CC(CBr)OC(C)(C)C2)c1. The summed E-state index contributed by atoms with van der Waals surface area (Å²) in [5.41, 5.74) is 0.929. The third-order valence-electron chi connectivity index (χ3n) is 3.32. The molecule has 0 bridgehead atoms. The topological polar surface area (TPSA) is 49.8 Å². The Morgan fingerprint density at radius 2 is 2.25 bits per heavy atom. The standard InChI is InChI=1S/C15H20BrNO3/c1-10-4-5-13(18)12(6-10)14(19)17-8-11(7-16)20-15(2,3)9-17/h4-6,11,18H,7-9H2,1-3H3. The van der Waals surface area contributed by atoms with E-state index in [2.05, 4.69) is 15.9 Å². The number of amides is 1. The van der Waals surface area contributed by atoms with E-state index in [4.69, 9.17) is 4.74 Å². The van der Waals surface area contributed by atoms with Crippen LogP contribution in [0.5, 0.6) is 5.75 Å². The molecule has 0 aromatic heterocycles. The van der Waals surface area contributed by atoms with Crippen LogP contribution in [0.2, 0.25) is 0 Å². The predicted molar refractivity (Wildman–Crippen MR) is 81.5 cm³/mol. The Kier molecular flexibility index (Phi) is 4.39. The number of morpholine rings is 1. The normalized spacial score (nSPS) is 21.8. The molecule has 2 rings (SSSR count). The average Bonchev–Trinajstić information content (AvgIpc) is 2.38. The second kappa shape index (κ2) is 5.74. The molecule has 110 valence electrons. The second-order valence-electron chi connectivity index (χ2n) is 5.86. The van der Waals surface area contributed by atoms with Crippen LogP contribution in [0.25, 0.3) is 0 Å². The minimum atomic E-state index is -0.383. The van der Waals surface area contributed by atoms with Crippen LogP contribution in [0, 0.1) is 6.92 Å². The van der Waals surface area contributed by atoms with Gasteiger partial charge < -0.3 is 14.7 Å². The van der Waals surface area contributed by atoms with E-state index in [9.17, 15) is 9.90 Å². The summed E-state index contributed by atoms with van der Waals surface area (Å²) < 4.78 is 5.89. The summed E-state index contributed by atoms with van der Waals surface area (Å²) in [6.45, 7) is 6.89. The van der Waals surface area contributed by atoms with Crippen molar-refractivity contribution in [2.45, 2.75) is 32.5 Å². The number of hydrogen-bond acceptors (Lipinski definition) is 3. The number of nitrogens with zero attached hydrogens (tertiary/aromatic N) is 1. The van der Waals surface area contributed by atoms with Crippen molar-refractivity contribution in [1.29, 1.82) is 0 Å². The number of rotatable bonds is 2. The van der Waals surface area contributed by atoms with Crippen molar-refractivity contribution in [3.8, 4) is 5.75 Å². The molecule has 0 radical (unpaired) electrons. The summed E-state index contributed by atoms with van der Waals surface area (Å²) in [6, 6.07) is 5.08. The molecule has 1 saturated heterocycles. The number of benzene rings is 1. The summed E-state index contributed by atoms with van der Waals surface area (Å²) >= 11 is 3.41. The van der Waals surface area contributed by atoms with Gasteiger partial charge in [-0.2, -0.15) is 0 Å². The highest BCUT2D eigenvalue weighted by Crippen LogP contribution is 2.26. The van der Waals surface area contributed by atoms with E-state index in [0.717, 1.165) is 5.56 Å². The zero-order valence-electron chi connectivity index (χ0n) is 12.0. The Morgan fingerprint density at radius 1 is 1.55 bits per heavy atom. The van der Waals surface area contributed by atoms with Crippen LogP contribution in [0.15, 0.2) is 18.2 Å². The number of carbonyl (C=O) groups excluding carboxylic acids is 1. The van der Waals surface area contributed by atoms with E-state index < -0.39 is 0 Å². The van der Waals surface area contributed by atoms with Crippen LogP contribution in [-0.4, -0.2) is 46.0 Å². The number of halogens is 1. The second-order valence-corrected chi connectivity index (χ2v) is 6.51. The van der Waals surface area contributed by atoms with E-state index in [-0.39, 0.29) is 23.4 Å². The fourth-order valence-electron chi connectivity index (χ4n) is 2.52. The fraction of sp³-hybridized carbons (Fsp3) is 0.533. The summed E-state index contributed by atoms with van der Waals surface area (Å²) in [6.07, 6.45) is -0.0327. The third kappa shape index (κ3) is 3.33. The molecule has 5 heteroatoms. The molecule has 20 heavy (non-hydrogen) atoms. The lowest BCUT2D eigenvalue weighted by Crippen LogP contribution is -2.55. The highest BCUT2D eigenvalue weighted by molar-refractivity contribution is 9.09. The van der Waals surface area contributed by atoms with Gasteiger partial charge in [0.25, 0.3) is 5.91 Å². The molecule has 1 fully saturated rings. The molecule has 1 atom stereocenters. The van der Waals surface area contributed by atoms with Gasteiger partial charge in [0.05, 0.1) is 17.3 Å². The fourth-order valence-corrected chi connectivity index (χ4v) is 2.86. The number of alkyl halides is 1. The highest BCUT2D eigenvalue weighted by atomic mass is 79.9. The molecular formula is C15H20BrNO3. The highest BCUT2D eigenvalue weighted by Gasteiger charge is 2.36. The lowest BCUT2D eigenvalue weighted by Gasteiger charge is -2.42. The third-order valence-corrected chi connectivity index (χ3v) is 4.05. The average molecular weight is 342 g/mol. The first-order chi connectivity index (χ1) is 9.32. The first kappa shape index (κ1) is 15.3. The molecule has 0 aliphatic carbocycles. The van der Waals surface area contributed by atoms with Crippen molar-refractivity contribution in [3.05, 3.63) is 29.3 Å². The van der Waals surface area contributed by atoms with Crippen LogP contribution in [0.1, 0.15) is 29.8 Å². The molecule has 1 N–H and O–H groups in total. The molecule has 1 heterocycles. The van der Waals surface area contributed by atoms with Gasteiger partial charge in [-0.05, 0) is 32.9 Å². The largest absolute Gasteiger partial charge is 0.507 e. The Labute approximate surface area is 127 Å². The Balaban J connectivity index is 2.25. The number of carbonyl (C=O) groups is 1. The summed E-state index contributed by atoms with van der Waals surface area (Å²) in [4.78, 5) is 14.4. The van der Waals surface area contributed by atoms with Gasteiger partial charge in [0.2, 0.25) is 0 Å². The molecule has 4 nitrogen and oxygen atoms in total. The van der Waals surface area contributed by atoms with E-state index in [1.807, 2.05) is 20.8 Å². The van der Waals surface area contributed by atoms with Gasteiger partial charge in [-0.15, -0.1) is 0 Å². The smallest absolute Gasteiger partial charge is 0.257 e. The van der Waals surface area contributed by atoms with Crippen molar-refractivity contribution in [2.24, 2.45) is 0 Å². The minimum Gasteiger partial charge on any atom is -0.507 e. The van der Waals surface area contributed by atoms with Gasteiger partial charge in [-0.25, -0.2) is 0 Å². The van der Waals surface area contributed by atoms with Crippen LogP contribution in [0.3, 0.4) is 0 Å². The number of ether oxygens (including phenoxy) is 1. The first-order valence-electron chi connectivity index (χ1n) is 6.65. The van der Waals surface area contributed by atoms with E-state index in [1.54, 1.807) is 23.1 Å². The first-order valence-corrected chi connectivity index (χ1v) is 7.77. The summed E-state index contributed by atoms with van der Waals surface area (Å²) in [5, 5.41) is 10.6. The Morgan fingerprint density at radius 3 is 2.90 bits per heavy atom. The zero-order valence-corrected chi connectivity index (χ0v) is 13.6. The quantitative estimate of drug-likeness (QED) is 0.841. The van der Waals surface area contributed by atoms with Crippen molar-refractivity contribution in [2.75, 3.05) is 18.4 Å². The molecule has 1 unspecified atom stereocenters. The molecule has 1 aliphatic heterocycles. The van der Waals surface area contributed by atoms with Crippen molar-refractivity contribution >= 4 is 21.8 Å². The molecule has 1 aromatic carbocycles. The van der Waals surface area contributed by atoms with Gasteiger partial charge >= 0.3 is 0 Å². The molecule has 1 aromatic rings. The van der Waals surface area contributed by atoms with Crippen LogP contribution in [0.4, 0.5) is 0 Å². The lowest BCUT2D eigenvalue weighted by atomic mass is 10.0. The van der Waals surface area contributed by atoms with Crippen molar-refractivity contribution in [1.82, 2.24) is 4.90 Å². The molecule has 0 spiro atoms. The maximum Gasteiger partial charge on any atom is 0.257 e. The lowest BCUT2D eigenvalue weighted by molar-refractivity contribution is -0.116. The molecule has 0 saturated carbocycles. The van der Waals surface area contributed by atoms with Crippen molar-refractivity contribution in [3.63, 3.8) is 0 Å². The number of aromatic hydroxyl groups is 1. The zero-order chi connectivity index (χ0) is 14.9. The van der Waals surface area contributed by atoms with E-state index >= 15 is 0 Å². The maximum absolute atomic E-state index is 12.6. The van der Waals surface area contributed by atoms with Crippen molar-refractivity contribution < 1.29 is 14.6 Å². The van der Waals surface area contributed by atoms with Crippen LogP contribution >= 0.6 is 15.9 Å². The van der Waals surface area contributed by atoms with Gasteiger partial charge in [-0.3, -0.25) is 4.79 Å². The molecular weight excluding hydrogens is 322 g/mol. The Hall–Kier alpha value is -1.07. The number of phenols is 1. The van der Waals surface area contributed by atoms with Gasteiger partial charge in [-0.1, -0.05) is 27.6 Å². The number of aryl methyl sites for hydroxylation is 1. The number of hydrogen-bond donors (Lipinski definition) is 1. The van der Waals surface area contributed by atoms with E-state index in [1.165, 1.54) is 0 Å². The van der Waals surface area contributed by atoms with Gasteiger partial charge in [0, 0.05) is 18.4 Å². The Bertz CT molecular complexity index is 516. The number of phenolic OH excluding ortho intramolecular Hbond substituents is 1. The maximum atomic E-state index is 12.6. The monoisotopic (exact) mass is 341 g/mol. The summed E-state index contributed by atoms with van der Waals surface area (Å²) in [5.74, 6) is -0.117. The van der Waals surface area contributed by atoms with Crippen LogP contribution in [-0.2, 0) is 4.74 Å². The predicted octanol–water partition coefficient (Wildman–Crippen LogP) is 2.72. The molecule has 1 amide bonds. The van der Waals surface area contributed by atoms with Gasteiger partial charge in [0.1, 0.15) is 5.75 Å². The minimum absolute atomic E-state index is 0.0280.